The molecule has 2 fully saturated rings. The lowest BCUT2D eigenvalue weighted by atomic mass is 10.1. The van der Waals surface area contributed by atoms with Gasteiger partial charge in [-0.3, -0.25) is 4.90 Å². The van der Waals surface area contributed by atoms with E-state index in [1.54, 1.807) is 11.3 Å². The van der Waals surface area contributed by atoms with E-state index < -0.39 is 0 Å². The lowest BCUT2D eigenvalue weighted by Gasteiger charge is -2.31. The van der Waals surface area contributed by atoms with Gasteiger partial charge in [0.05, 0.1) is 18.6 Å². The summed E-state index contributed by atoms with van der Waals surface area (Å²) < 4.78 is 5.58. The Balaban J connectivity index is 1.57. The van der Waals surface area contributed by atoms with Gasteiger partial charge in [-0.1, -0.05) is 12.1 Å². The minimum absolute atomic E-state index is 0.566. The number of nitrogen functional groups attached to an aromatic ring is 1. The van der Waals surface area contributed by atoms with Crippen molar-refractivity contribution in [1.82, 2.24) is 19.8 Å². The number of thiophene rings is 1. The molecule has 2 aliphatic rings. The van der Waals surface area contributed by atoms with E-state index in [9.17, 15) is 0 Å². The molecular weight excluding hydrogens is 422 g/mol. The molecule has 2 saturated heterocycles. The molecule has 1 aromatic carbocycles. The Labute approximate surface area is 192 Å². The highest BCUT2D eigenvalue weighted by atomic mass is 32.1. The third-order valence-corrected chi connectivity index (χ3v) is 7.25. The second-order valence-electron chi connectivity index (χ2n) is 8.43. The zero-order valence-corrected chi connectivity index (χ0v) is 19.2. The van der Waals surface area contributed by atoms with E-state index in [2.05, 4.69) is 27.8 Å². The molecule has 0 amide bonds. The third kappa shape index (κ3) is 4.21. The van der Waals surface area contributed by atoms with Gasteiger partial charge in [0.25, 0.3) is 0 Å². The standard InChI is InChI=1S/C23H29N7OS/c1-28-5-7-29(8-6-28)15-16-13-18-22(30-9-11-31-12-10-30)26-21(27-23(18)32-16)17-3-2-4-20(25)19(17)14-24/h2-4,13-14,24H,5-12,15,25H2,1H3. The van der Waals surface area contributed by atoms with Crippen molar-refractivity contribution in [3.63, 3.8) is 0 Å². The molecule has 2 aromatic heterocycles. The van der Waals surface area contributed by atoms with Gasteiger partial charge in [-0.15, -0.1) is 11.3 Å². The fourth-order valence-electron chi connectivity index (χ4n) is 4.34. The first-order valence-corrected chi connectivity index (χ1v) is 11.9. The molecule has 168 valence electrons. The van der Waals surface area contributed by atoms with Crippen LogP contribution in [0, 0.1) is 5.41 Å². The first-order valence-electron chi connectivity index (χ1n) is 11.1. The van der Waals surface area contributed by atoms with Crippen LogP contribution in [0.4, 0.5) is 11.5 Å². The molecule has 32 heavy (non-hydrogen) atoms. The third-order valence-electron chi connectivity index (χ3n) is 6.23. The van der Waals surface area contributed by atoms with Gasteiger partial charge in [0, 0.05) is 73.7 Å². The highest BCUT2D eigenvalue weighted by molar-refractivity contribution is 7.18. The highest BCUT2D eigenvalue weighted by Gasteiger charge is 2.22. The summed E-state index contributed by atoms with van der Waals surface area (Å²) in [5, 5.41) is 8.96. The molecule has 3 N–H and O–H groups in total. The largest absolute Gasteiger partial charge is 0.398 e. The van der Waals surface area contributed by atoms with Crippen LogP contribution in [0.25, 0.3) is 21.6 Å². The fraction of sp³-hybridized carbons (Fsp3) is 0.435. The average Bonchev–Trinajstić information content (AvgIpc) is 3.22. The van der Waals surface area contributed by atoms with Gasteiger partial charge in [0.2, 0.25) is 0 Å². The van der Waals surface area contributed by atoms with Gasteiger partial charge >= 0.3 is 0 Å². The maximum absolute atomic E-state index is 7.85. The minimum Gasteiger partial charge on any atom is -0.398 e. The molecule has 3 aromatic rings. The number of nitrogens with two attached hydrogens (primary N) is 1. The number of benzene rings is 1. The molecule has 4 heterocycles. The number of piperazine rings is 1. The van der Waals surface area contributed by atoms with Crippen LogP contribution in [-0.2, 0) is 11.3 Å². The van der Waals surface area contributed by atoms with Crippen LogP contribution in [0.1, 0.15) is 10.4 Å². The van der Waals surface area contributed by atoms with Crippen LogP contribution < -0.4 is 10.6 Å². The van der Waals surface area contributed by atoms with Crippen molar-refractivity contribution in [2.75, 3.05) is 70.2 Å². The zero-order chi connectivity index (χ0) is 22.1. The van der Waals surface area contributed by atoms with E-state index in [0.717, 1.165) is 67.4 Å². The van der Waals surface area contributed by atoms with E-state index in [-0.39, 0.29) is 0 Å². The molecule has 0 spiro atoms. The lowest BCUT2D eigenvalue weighted by molar-refractivity contribution is 0.122. The Morgan fingerprint density at radius 3 is 2.66 bits per heavy atom. The number of morpholine rings is 1. The van der Waals surface area contributed by atoms with Crippen molar-refractivity contribution < 1.29 is 4.74 Å². The molecule has 9 heteroatoms. The van der Waals surface area contributed by atoms with Crippen LogP contribution in [0.2, 0.25) is 0 Å². The zero-order valence-electron chi connectivity index (χ0n) is 18.4. The summed E-state index contributed by atoms with van der Waals surface area (Å²) in [5.74, 6) is 1.57. The lowest BCUT2D eigenvalue weighted by Crippen LogP contribution is -2.43. The Hall–Kier alpha value is -2.59. The average molecular weight is 452 g/mol. The number of nitrogens with zero attached hydrogens (tertiary/aromatic N) is 5. The number of nitrogens with one attached hydrogen (secondary N) is 1. The van der Waals surface area contributed by atoms with Crippen molar-refractivity contribution in [1.29, 1.82) is 5.41 Å². The number of likely N-dealkylation sites (N-methyl/N-ethyl adjacent to an activating group) is 1. The maximum atomic E-state index is 7.85. The Bertz CT molecular complexity index is 1120. The first-order chi connectivity index (χ1) is 15.6. The number of aromatic nitrogens is 2. The summed E-state index contributed by atoms with van der Waals surface area (Å²) in [6.45, 7) is 8.34. The van der Waals surface area contributed by atoms with Gasteiger partial charge < -0.3 is 25.7 Å². The van der Waals surface area contributed by atoms with Crippen molar-refractivity contribution in [3.8, 4) is 11.4 Å². The summed E-state index contributed by atoms with van der Waals surface area (Å²) in [5.41, 5.74) is 8.16. The molecule has 5 rings (SSSR count). The minimum atomic E-state index is 0.566. The van der Waals surface area contributed by atoms with Crippen molar-refractivity contribution in [3.05, 3.63) is 34.7 Å². The number of ether oxygens (including phenoxy) is 1. The molecular formula is C23H29N7OS. The Morgan fingerprint density at radius 2 is 1.91 bits per heavy atom. The van der Waals surface area contributed by atoms with Crippen LogP contribution >= 0.6 is 11.3 Å². The molecule has 0 saturated carbocycles. The van der Waals surface area contributed by atoms with E-state index in [0.29, 0.717) is 30.3 Å². The molecule has 0 unspecified atom stereocenters. The van der Waals surface area contributed by atoms with Gasteiger partial charge in [-0.25, -0.2) is 9.97 Å². The van der Waals surface area contributed by atoms with Crippen molar-refractivity contribution >= 4 is 39.3 Å². The van der Waals surface area contributed by atoms with E-state index in [1.807, 2.05) is 18.2 Å². The normalized spacial score (nSPS) is 18.3. The molecule has 0 radical (unpaired) electrons. The van der Waals surface area contributed by atoms with Gasteiger partial charge in [0.15, 0.2) is 5.82 Å². The maximum Gasteiger partial charge on any atom is 0.163 e. The summed E-state index contributed by atoms with van der Waals surface area (Å²) >= 11 is 1.74. The SMILES string of the molecule is CN1CCN(Cc2cc3c(N4CCOCC4)nc(-c4cccc(N)c4C=N)nc3s2)CC1. The van der Waals surface area contributed by atoms with Crippen LogP contribution in [0.3, 0.4) is 0 Å². The Morgan fingerprint density at radius 1 is 1.12 bits per heavy atom. The first kappa shape index (κ1) is 21.3. The number of fused-ring (bicyclic) bond motifs is 1. The van der Waals surface area contributed by atoms with Gasteiger partial charge in [-0.05, 0) is 19.2 Å². The Kier molecular flexibility index (Phi) is 6.05. The quantitative estimate of drug-likeness (QED) is 0.455. The highest BCUT2D eigenvalue weighted by Crippen LogP contribution is 2.35. The van der Waals surface area contributed by atoms with Crippen LogP contribution in [0.5, 0.6) is 0 Å². The summed E-state index contributed by atoms with van der Waals surface area (Å²) in [4.78, 5) is 19.4. The predicted molar refractivity (Wildman–Crippen MR) is 131 cm³/mol. The van der Waals surface area contributed by atoms with Crippen LogP contribution in [0.15, 0.2) is 24.3 Å². The molecule has 2 aliphatic heterocycles. The van der Waals surface area contributed by atoms with Crippen molar-refractivity contribution in [2.45, 2.75) is 6.54 Å². The van der Waals surface area contributed by atoms with Gasteiger partial charge in [-0.2, -0.15) is 0 Å². The topological polar surface area (TPSA) is 94.6 Å². The predicted octanol–water partition coefficient (Wildman–Crippen LogP) is 2.52. The smallest absolute Gasteiger partial charge is 0.163 e. The summed E-state index contributed by atoms with van der Waals surface area (Å²) in [7, 11) is 2.18. The van der Waals surface area contributed by atoms with Gasteiger partial charge in [0.1, 0.15) is 10.6 Å². The molecule has 8 nitrogen and oxygen atoms in total. The van der Waals surface area contributed by atoms with E-state index >= 15 is 0 Å². The fourth-order valence-corrected chi connectivity index (χ4v) is 5.40. The molecule has 0 atom stereocenters. The summed E-state index contributed by atoms with van der Waals surface area (Å²) in [6, 6.07) is 7.92. The monoisotopic (exact) mass is 451 g/mol. The summed E-state index contributed by atoms with van der Waals surface area (Å²) in [6.07, 6.45) is 1.29. The number of hydrogen-bond donors (Lipinski definition) is 2. The number of rotatable bonds is 5. The second-order valence-corrected chi connectivity index (χ2v) is 9.55. The number of anilines is 2. The van der Waals surface area contributed by atoms with Crippen molar-refractivity contribution in [2.24, 2.45) is 0 Å². The van der Waals surface area contributed by atoms with Crippen LogP contribution in [-0.4, -0.2) is 85.5 Å². The molecule has 0 aliphatic carbocycles. The molecule has 0 bridgehead atoms. The number of hydrogen-bond acceptors (Lipinski definition) is 9. The second kappa shape index (κ2) is 9.11. The van der Waals surface area contributed by atoms with E-state index in [1.165, 1.54) is 11.1 Å². The van der Waals surface area contributed by atoms with E-state index in [4.69, 9.17) is 25.8 Å².